The normalized spacial score (nSPS) is 6.79. The fourth-order valence-electron chi connectivity index (χ4n) is 0.459. The van der Waals surface area contributed by atoms with Crippen molar-refractivity contribution in [3.8, 4) is 0 Å². The molecule has 1 aromatic heterocycles. The Morgan fingerprint density at radius 1 is 1.07 bits per heavy atom. The standard InChI is InChI=1S/C6H7O3.5Y/c1-4(2)5-3-8-6(7)9-5;;;;;/h4H,1-2H3;;;;;/q-1;;;;;. The molecule has 0 aliphatic carbocycles. The van der Waals surface area contributed by atoms with Crippen molar-refractivity contribution < 1.29 is 172 Å². The van der Waals surface area contributed by atoms with Crippen molar-refractivity contribution >= 4 is 0 Å². The third-order valence-corrected chi connectivity index (χ3v) is 0.953. The maximum absolute atomic E-state index is 10.2. The van der Waals surface area contributed by atoms with Gasteiger partial charge >= 0.3 is 5.82 Å². The summed E-state index contributed by atoms with van der Waals surface area (Å²) < 4.78 is 8.85. The third kappa shape index (κ3) is 13.0. The molecular weight excluding hydrogens is 565 g/mol. The molecule has 0 aliphatic rings. The van der Waals surface area contributed by atoms with Gasteiger partial charge in [-0.2, -0.15) is 0 Å². The maximum Gasteiger partial charge on any atom is 0.345 e. The molecule has 3 nitrogen and oxygen atoms in total. The molecule has 1 aromatic rings. The monoisotopic (exact) mass is 572 g/mol. The van der Waals surface area contributed by atoms with Gasteiger partial charge in [0.15, 0.2) is 0 Å². The van der Waals surface area contributed by atoms with Gasteiger partial charge in [0.1, 0.15) is 0 Å². The van der Waals surface area contributed by atoms with E-state index in [2.05, 4.69) is 15.1 Å². The predicted molar refractivity (Wildman–Crippen MR) is 30.2 cm³/mol. The Kier molecular flexibility index (Phi) is 38.9. The van der Waals surface area contributed by atoms with E-state index >= 15 is 0 Å². The minimum atomic E-state index is -0.682. The van der Waals surface area contributed by atoms with E-state index in [1.54, 1.807) is 0 Å². The fourth-order valence-corrected chi connectivity index (χ4v) is 0.459. The summed E-state index contributed by atoms with van der Waals surface area (Å²) in [6.45, 7) is 3.79. The van der Waals surface area contributed by atoms with Crippen LogP contribution in [0.25, 0.3) is 0 Å². The van der Waals surface area contributed by atoms with E-state index in [4.69, 9.17) is 0 Å². The first-order valence-electron chi connectivity index (χ1n) is 2.71. The molecule has 0 atom stereocenters. The van der Waals surface area contributed by atoms with E-state index in [0.717, 1.165) is 0 Å². The van der Waals surface area contributed by atoms with Crippen molar-refractivity contribution in [1.29, 1.82) is 0 Å². The maximum atomic E-state index is 10.2. The van der Waals surface area contributed by atoms with Gasteiger partial charge in [-0.1, -0.05) is 13.8 Å². The van der Waals surface area contributed by atoms with Crippen LogP contribution in [0.5, 0.6) is 0 Å². The third-order valence-electron chi connectivity index (χ3n) is 0.953. The van der Waals surface area contributed by atoms with Gasteiger partial charge in [0, 0.05) is 169 Å². The molecule has 0 aliphatic heterocycles. The molecule has 65 valence electrons. The largest absolute Gasteiger partial charge is 0.584 e. The Balaban J connectivity index is -0.0000000540. The van der Waals surface area contributed by atoms with Crippen LogP contribution in [0.3, 0.4) is 0 Å². The van der Waals surface area contributed by atoms with Crippen LogP contribution >= 0.6 is 0 Å². The second-order valence-electron chi connectivity index (χ2n) is 2.08. The molecule has 8 heteroatoms. The van der Waals surface area contributed by atoms with Crippen molar-refractivity contribution in [2.24, 2.45) is 0 Å². The summed E-state index contributed by atoms with van der Waals surface area (Å²) in [5.74, 6) is -0.0462. The Bertz CT molecular complexity index is 244. The Morgan fingerprint density at radius 2 is 1.50 bits per heavy atom. The number of hydrogen-bond donors (Lipinski definition) is 0. The molecule has 0 saturated carbocycles. The first kappa shape index (κ1) is 31.1. The Hall–Kier alpha value is 4.53. The van der Waals surface area contributed by atoms with Crippen LogP contribution in [0.2, 0.25) is 0 Å². The zero-order valence-electron chi connectivity index (χ0n) is 8.19. The minimum absolute atomic E-state index is 0. The first-order chi connectivity index (χ1) is 4.20. The minimum Gasteiger partial charge on any atom is -0.584 e. The van der Waals surface area contributed by atoms with Crippen molar-refractivity contribution in [3.05, 3.63) is 22.6 Å². The average Bonchev–Trinajstić information content (AvgIpc) is 2.14. The quantitative estimate of drug-likeness (QED) is 0.476. The van der Waals surface area contributed by atoms with Crippen LogP contribution < -0.4 is 5.82 Å². The van der Waals surface area contributed by atoms with Gasteiger partial charge in [0.05, 0.1) is 0 Å². The molecule has 0 N–H and O–H groups in total. The smallest absolute Gasteiger partial charge is 0.345 e. The molecule has 0 amide bonds. The van der Waals surface area contributed by atoms with E-state index < -0.39 is 5.82 Å². The van der Waals surface area contributed by atoms with Crippen LogP contribution in [0.15, 0.2) is 13.6 Å². The van der Waals surface area contributed by atoms with Gasteiger partial charge in [0.25, 0.3) is 0 Å². The second-order valence-corrected chi connectivity index (χ2v) is 2.08. The molecule has 0 aromatic carbocycles. The number of rotatable bonds is 1. The van der Waals surface area contributed by atoms with Gasteiger partial charge in [-0.25, -0.2) is 0 Å². The van der Waals surface area contributed by atoms with Crippen LogP contribution in [0, 0.1) is 6.26 Å². The van der Waals surface area contributed by atoms with Crippen molar-refractivity contribution in [3.63, 3.8) is 0 Å². The molecule has 1 rings (SSSR count). The van der Waals surface area contributed by atoms with Crippen LogP contribution in [-0.2, 0) is 164 Å². The molecule has 1 heterocycles. The van der Waals surface area contributed by atoms with Gasteiger partial charge < -0.3 is 13.6 Å². The van der Waals surface area contributed by atoms with Crippen LogP contribution in [0.1, 0.15) is 25.5 Å². The van der Waals surface area contributed by atoms with Crippen molar-refractivity contribution in [1.82, 2.24) is 0 Å². The topological polar surface area (TPSA) is 43.4 Å². The van der Waals surface area contributed by atoms with Crippen LogP contribution in [0.4, 0.5) is 0 Å². The van der Waals surface area contributed by atoms with E-state index in [9.17, 15) is 4.79 Å². The fraction of sp³-hybridized carbons (Fsp3) is 0.500. The van der Waals surface area contributed by atoms with Gasteiger partial charge in [-0.3, -0.25) is 0 Å². The molecule has 0 spiro atoms. The summed E-state index contributed by atoms with van der Waals surface area (Å²) in [4.78, 5) is 10.2. The van der Waals surface area contributed by atoms with Crippen LogP contribution in [-0.4, -0.2) is 0 Å². The molecule has 0 unspecified atom stereocenters. The summed E-state index contributed by atoms with van der Waals surface area (Å²) in [5.41, 5.74) is 0. The van der Waals surface area contributed by atoms with E-state index in [-0.39, 0.29) is 169 Å². The molecule has 14 heavy (non-hydrogen) atoms. The van der Waals surface area contributed by atoms with E-state index in [1.165, 1.54) is 0 Å². The Labute approximate surface area is 209 Å². The predicted octanol–water partition coefficient (Wildman–Crippen LogP) is 1.14. The molecule has 0 fully saturated rings. The summed E-state index contributed by atoms with van der Waals surface area (Å²) in [6.07, 6.45) is 2.35. The number of hydrogen-bond acceptors (Lipinski definition) is 3. The van der Waals surface area contributed by atoms with Crippen molar-refractivity contribution in [2.45, 2.75) is 19.8 Å². The second kappa shape index (κ2) is 17.5. The summed E-state index contributed by atoms with van der Waals surface area (Å²) in [5, 5.41) is 0. The molecular formula is C6H7O3Y5-. The zero-order chi connectivity index (χ0) is 6.85. The molecule has 0 saturated heterocycles. The SMILES string of the molecule is CC(C)c1[c-]oc(=O)o1.[Y].[Y].[Y].[Y].[Y]. The van der Waals surface area contributed by atoms with Crippen molar-refractivity contribution in [2.75, 3.05) is 0 Å². The van der Waals surface area contributed by atoms with E-state index in [1.807, 2.05) is 13.8 Å². The molecule has 5 radical (unpaired) electrons. The van der Waals surface area contributed by atoms with E-state index in [0.29, 0.717) is 5.76 Å². The zero-order valence-corrected chi connectivity index (χ0v) is 22.4. The summed E-state index contributed by atoms with van der Waals surface area (Å²) >= 11 is 0. The van der Waals surface area contributed by atoms with Gasteiger partial charge in [0.2, 0.25) is 0 Å². The summed E-state index contributed by atoms with van der Waals surface area (Å²) in [7, 11) is 0. The Morgan fingerprint density at radius 3 is 1.64 bits per heavy atom. The first-order valence-corrected chi connectivity index (χ1v) is 2.71. The summed E-state index contributed by atoms with van der Waals surface area (Å²) in [6, 6.07) is 0. The van der Waals surface area contributed by atoms with Gasteiger partial charge in [-0.05, 0) is 12.2 Å². The molecule has 0 bridgehead atoms. The van der Waals surface area contributed by atoms with Gasteiger partial charge in [-0.15, -0.1) is 0 Å². The average molecular weight is 572 g/mol.